The number of rotatable bonds is 15. The summed E-state index contributed by atoms with van der Waals surface area (Å²) in [6.07, 6.45) is 16.9. The SMILES string of the molecule is Cc1ccc(OCCCCCCOC2=CCC(OCCCOC3CCC(C)CC3)CC2)cc1. The molecule has 0 saturated heterocycles. The van der Waals surface area contributed by atoms with Gasteiger partial charge in [-0.1, -0.05) is 24.6 Å². The summed E-state index contributed by atoms with van der Waals surface area (Å²) in [4.78, 5) is 0. The van der Waals surface area contributed by atoms with Crippen molar-refractivity contribution in [1.82, 2.24) is 0 Å². The fourth-order valence-electron chi connectivity index (χ4n) is 4.61. The molecule has 0 aliphatic heterocycles. The Morgan fingerprint density at radius 3 is 2.03 bits per heavy atom. The Hall–Kier alpha value is -1.52. The van der Waals surface area contributed by atoms with Gasteiger partial charge in [-0.25, -0.2) is 0 Å². The van der Waals surface area contributed by atoms with Crippen LogP contribution in [0.4, 0.5) is 0 Å². The van der Waals surface area contributed by atoms with Gasteiger partial charge >= 0.3 is 0 Å². The second-order valence-electron chi connectivity index (χ2n) is 9.97. The van der Waals surface area contributed by atoms with E-state index in [4.69, 9.17) is 18.9 Å². The molecule has 186 valence electrons. The highest BCUT2D eigenvalue weighted by atomic mass is 16.5. The molecule has 1 saturated carbocycles. The maximum Gasteiger partial charge on any atom is 0.119 e. The third-order valence-corrected chi connectivity index (χ3v) is 6.90. The summed E-state index contributed by atoms with van der Waals surface area (Å²) in [6.45, 7) is 7.72. The first-order valence-electron chi connectivity index (χ1n) is 13.4. The number of hydrogen-bond acceptors (Lipinski definition) is 4. The summed E-state index contributed by atoms with van der Waals surface area (Å²) in [6, 6.07) is 8.28. The van der Waals surface area contributed by atoms with Gasteiger partial charge in [0.15, 0.2) is 0 Å². The zero-order valence-electron chi connectivity index (χ0n) is 21.1. The molecule has 4 heteroatoms. The molecule has 1 aromatic rings. The second-order valence-corrected chi connectivity index (χ2v) is 9.97. The minimum Gasteiger partial charge on any atom is -0.498 e. The van der Waals surface area contributed by atoms with Gasteiger partial charge in [0, 0.05) is 19.6 Å². The summed E-state index contributed by atoms with van der Waals surface area (Å²) >= 11 is 0. The van der Waals surface area contributed by atoms with E-state index in [1.54, 1.807) is 0 Å². The molecule has 0 aromatic heterocycles. The van der Waals surface area contributed by atoms with Gasteiger partial charge in [-0.15, -0.1) is 0 Å². The molecule has 0 radical (unpaired) electrons. The molecule has 3 rings (SSSR count). The number of unbranched alkanes of at least 4 members (excludes halogenated alkanes) is 3. The second kappa shape index (κ2) is 15.4. The minimum atomic E-state index is 0.349. The Labute approximate surface area is 202 Å². The summed E-state index contributed by atoms with van der Waals surface area (Å²) in [5.41, 5.74) is 1.27. The van der Waals surface area contributed by atoms with Crippen molar-refractivity contribution < 1.29 is 18.9 Å². The van der Waals surface area contributed by atoms with E-state index in [2.05, 4.69) is 32.1 Å². The fraction of sp³-hybridized carbons (Fsp3) is 0.724. The summed E-state index contributed by atoms with van der Waals surface area (Å²) < 4.78 is 23.9. The van der Waals surface area contributed by atoms with E-state index in [0.717, 1.165) is 82.4 Å². The van der Waals surface area contributed by atoms with Crippen molar-refractivity contribution in [2.45, 2.75) is 103 Å². The minimum absolute atomic E-state index is 0.349. The van der Waals surface area contributed by atoms with Crippen molar-refractivity contribution in [2.75, 3.05) is 26.4 Å². The quantitative estimate of drug-likeness (QED) is 0.257. The first kappa shape index (κ1) is 26.1. The van der Waals surface area contributed by atoms with E-state index in [9.17, 15) is 0 Å². The van der Waals surface area contributed by atoms with Gasteiger partial charge in [0.05, 0.1) is 31.2 Å². The molecule has 2 aliphatic rings. The average Bonchev–Trinajstić information content (AvgIpc) is 2.84. The predicted molar refractivity (Wildman–Crippen MR) is 135 cm³/mol. The molecule has 1 aromatic carbocycles. The van der Waals surface area contributed by atoms with Crippen LogP contribution in [-0.4, -0.2) is 38.6 Å². The lowest BCUT2D eigenvalue weighted by Crippen LogP contribution is -2.22. The molecule has 0 N–H and O–H groups in total. The van der Waals surface area contributed by atoms with Crippen molar-refractivity contribution in [3.05, 3.63) is 41.7 Å². The lowest BCUT2D eigenvalue weighted by Gasteiger charge is -2.26. The van der Waals surface area contributed by atoms with Crippen molar-refractivity contribution in [3.63, 3.8) is 0 Å². The Kier molecular flexibility index (Phi) is 12.2. The van der Waals surface area contributed by atoms with Crippen LogP contribution in [0.25, 0.3) is 0 Å². The van der Waals surface area contributed by atoms with Gasteiger partial charge in [-0.2, -0.15) is 0 Å². The molecule has 33 heavy (non-hydrogen) atoms. The highest BCUT2D eigenvalue weighted by Crippen LogP contribution is 2.26. The first-order chi connectivity index (χ1) is 16.2. The lowest BCUT2D eigenvalue weighted by molar-refractivity contribution is -0.00835. The Balaban J connectivity index is 1.11. The van der Waals surface area contributed by atoms with Crippen LogP contribution in [0.15, 0.2) is 36.1 Å². The van der Waals surface area contributed by atoms with Gasteiger partial charge < -0.3 is 18.9 Å². The van der Waals surface area contributed by atoms with Crippen LogP contribution in [0, 0.1) is 12.8 Å². The van der Waals surface area contributed by atoms with Crippen LogP contribution in [0.5, 0.6) is 5.75 Å². The number of hydrogen-bond donors (Lipinski definition) is 0. The number of aryl methyl sites for hydroxylation is 1. The van der Waals surface area contributed by atoms with Gasteiger partial charge in [0.25, 0.3) is 0 Å². The van der Waals surface area contributed by atoms with Crippen LogP contribution in [-0.2, 0) is 14.2 Å². The summed E-state index contributed by atoms with van der Waals surface area (Å²) in [7, 11) is 0. The van der Waals surface area contributed by atoms with Crippen LogP contribution < -0.4 is 4.74 Å². The molecular formula is C29H46O4. The highest BCUT2D eigenvalue weighted by molar-refractivity contribution is 5.26. The topological polar surface area (TPSA) is 36.9 Å². The Morgan fingerprint density at radius 1 is 0.697 bits per heavy atom. The highest BCUT2D eigenvalue weighted by Gasteiger charge is 2.19. The van der Waals surface area contributed by atoms with Gasteiger partial charge in [-0.3, -0.25) is 0 Å². The zero-order valence-corrected chi connectivity index (χ0v) is 21.1. The smallest absolute Gasteiger partial charge is 0.119 e. The Morgan fingerprint density at radius 2 is 1.36 bits per heavy atom. The molecular weight excluding hydrogens is 412 g/mol. The van der Waals surface area contributed by atoms with E-state index in [-0.39, 0.29) is 0 Å². The number of ether oxygens (including phenoxy) is 4. The normalized spacial score (nSPS) is 23.2. The Bertz CT molecular complexity index is 661. The summed E-state index contributed by atoms with van der Waals surface area (Å²) in [5.74, 6) is 3.02. The van der Waals surface area contributed by atoms with E-state index in [1.807, 2.05) is 12.1 Å². The van der Waals surface area contributed by atoms with E-state index >= 15 is 0 Å². The van der Waals surface area contributed by atoms with Gasteiger partial charge in [0.2, 0.25) is 0 Å². The number of benzene rings is 1. The van der Waals surface area contributed by atoms with Gasteiger partial charge in [0.1, 0.15) is 5.75 Å². The van der Waals surface area contributed by atoms with Crippen molar-refractivity contribution >= 4 is 0 Å². The van der Waals surface area contributed by atoms with Crippen molar-refractivity contribution in [3.8, 4) is 5.75 Å². The molecule has 1 unspecified atom stereocenters. The maximum atomic E-state index is 6.06. The van der Waals surface area contributed by atoms with Crippen molar-refractivity contribution in [1.29, 1.82) is 0 Å². The van der Waals surface area contributed by atoms with E-state index in [1.165, 1.54) is 44.1 Å². The van der Waals surface area contributed by atoms with Crippen LogP contribution in [0.2, 0.25) is 0 Å². The lowest BCUT2D eigenvalue weighted by atomic mass is 9.89. The monoisotopic (exact) mass is 458 g/mol. The molecule has 2 aliphatic carbocycles. The predicted octanol–water partition coefficient (Wildman–Crippen LogP) is 7.39. The molecule has 1 fully saturated rings. The van der Waals surface area contributed by atoms with Crippen LogP contribution in [0.3, 0.4) is 0 Å². The third kappa shape index (κ3) is 11.0. The largest absolute Gasteiger partial charge is 0.498 e. The standard InChI is InChI=1S/C29H46O4/c1-24-8-12-26(13-9-24)30-20-5-3-4-6-21-31-28-16-18-29(19-17-28)33-23-7-22-32-27-14-10-25(2)11-15-27/h8-9,12-13,16,25,27,29H,3-7,10-11,14-15,17-23H2,1-2H3. The van der Waals surface area contributed by atoms with Crippen molar-refractivity contribution in [2.24, 2.45) is 5.92 Å². The fourth-order valence-corrected chi connectivity index (χ4v) is 4.61. The molecule has 0 spiro atoms. The van der Waals surface area contributed by atoms with E-state index in [0.29, 0.717) is 12.2 Å². The number of allylic oxidation sites excluding steroid dienone is 1. The third-order valence-electron chi connectivity index (χ3n) is 6.90. The summed E-state index contributed by atoms with van der Waals surface area (Å²) in [5, 5.41) is 0. The van der Waals surface area contributed by atoms with E-state index < -0.39 is 0 Å². The maximum absolute atomic E-state index is 6.06. The average molecular weight is 459 g/mol. The van der Waals surface area contributed by atoms with Crippen LogP contribution in [0.1, 0.15) is 89.5 Å². The van der Waals surface area contributed by atoms with Gasteiger partial charge in [-0.05, 0) is 102 Å². The molecule has 1 atom stereocenters. The zero-order chi connectivity index (χ0) is 23.1. The molecule has 0 heterocycles. The first-order valence-corrected chi connectivity index (χ1v) is 13.4. The molecule has 0 bridgehead atoms. The molecule has 0 amide bonds. The molecule has 4 nitrogen and oxygen atoms in total. The van der Waals surface area contributed by atoms with Crippen LogP contribution >= 0.6 is 0 Å².